The minimum atomic E-state index is 1.20. The Kier molecular flexibility index (Phi) is 8.95. The average molecular weight is 761 g/mol. The zero-order chi connectivity index (χ0) is 39.8. The lowest BCUT2D eigenvalue weighted by molar-refractivity contribution is 1.51. The van der Waals surface area contributed by atoms with Crippen LogP contribution in [0.15, 0.2) is 248 Å². The van der Waals surface area contributed by atoms with E-state index in [9.17, 15) is 0 Å². The molecule has 0 heteroatoms. The summed E-state index contributed by atoms with van der Waals surface area (Å²) in [7, 11) is 0. The molecule has 0 nitrogen and oxygen atoms in total. The van der Waals surface area contributed by atoms with Crippen molar-refractivity contribution in [1.82, 2.24) is 0 Å². The summed E-state index contributed by atoms with van der Waals surface area (Å²) in [6, 6.07) is 88.7. The van der Waals surface area contributed by atoms with Gasteiger partial charge in [0.15, 0.2) is 0 Å². The van der Waals surface area contributed by atoms with Gasteiger partial charge in [-0.25, -0.2) is 0 Å². The Balaban J connectivity index is 1.25. The van der Waals surface area contributed by atoms with E-state index in [1.807, 2.05) is 0 Å². The normalized spacial score (nSPS) is 13.1. The molecule has 280 valence electrons. The van der Waals surface area contributed by atoms with E-state index in [1.165, 1.54) is 111 Å². The molecule has 0 fully saturated rings. The first-order valence-electron chi connectivity index (χ1n) is 20.8. The van der Waals surface area contributed by atoms with Crippen molar-refractivity contribution in [3.63, 3.8) is 0 Å². The van der Waals surface area contributed by atoms with E-state index in [0.717, 1.165) is 0 Å². The highest BCUT2D eigenvalue weighted by molar-refractivity contribution is 6.39. The lowest BCUT2D eigenvalue weighted by Crippen LogP contribution is -1.97. The number of hydrogen-bond donors (Lipinski definition) is 0. The molecule has 0 aliphatic heterocycles. The van der Waals surface area contributed by atoms with Crippen molar-refractivity contribution in [2.24, 2.45) is 0 Å². The summed E-state index contributed by atoms with van der Waals surface area (Å²) in [5.41, 5.74) is 24.6. The maximum absolute atomic E-state index is 2.48. The summed E-state index contributed by atoms with van der Waals surface area (Å²) in [5, 5.41) is 0. The largest absolute Gasteiger partial charge is 0.0622 e. The van der Waals surface area contributed by atoms with Gasteiger partial charge in [0.05, 0.1) is 0 Å². The predicted octanol–water partition coefficient (Wildman–Crippen LogP) is 15.7. The maximum Gasteiger partial charge on any atom is -0.000137 e. The molecule has 0 bridgehead atoms. The highest BCUT2D eigenvalue weighted by atomic mass is 14.4. The van der Waals surface area contributed by atoms with E-state index in [4.69, 9.17) is 0 Å². The van der Waals surface area contributed by atoms with Gasteiger partial charge in [0.2, 0.25) is 0 Å². The third-order valence-corrected chi connectivity index (χ3v) is 12.1. The Hall–Kier alpha value is -7.80. The molecule has 9 aromatic rings. The van der Waals surface area contributed by atoms with Gasteiger partial charge >= 0.3 is 0 Å². The first kappa shape index (κ1) is 35.4. The van der Waals surface area contributed by atoms with E-state index in [-0.39, 0.29) is 0 Å². The lowest BCUT2D eigenvalue weighted by Gasteiger charge is -2.19. The van der Waals surface area contributed by atoms with E-state index in [1.54, 1.807) is 0 Å². The summed E-state index contributed by atoms with van der Waals surface area (Å²) < 4.78 is 0. The number of allylic oxidation sites excluding steroid dienone is 5. The first-order valence-corrected chi connectivity index (χ1v) is 20.8. The minimum Gasteiger partial charge on any atom is -0.0622 e. The van der Waals surface area contributed by atoms with Crippen LogP contribution >= 0.6 is 0 Å². The minimum absolute atomic E-state index is 1.20. The van der Waals surface area contributed by atoms with Crippen molar-refractivity contribution in [2.45, 2.75) is 0 Å². The van der Waals surface area contributed by atoms with Gasteiger partial charge in [-0.2, -0.15) is 0 Å². The van der Waals surface area contributed by atoms with Gasteiger partial charge in [-0.05, 0) is 123 Å². The average Bonchev–Trinajstić information content (AvgIpc) is 3.85. The van der Waals surface area contributed by atoms with Crippen LogP contribution in [0.3, 0.4) is 0 Å². The molecular formula is C60H40. The van der Waals surface area contributed by atoms with Crippen LogP contribution < -0.4 is 0 Å². The van der Waals surface area contributed by atoms with Crippen LogP contribution in [0, 0.1) is 0 Å². The fraction of sp³-hybridized carbons (Fsp3) is 0. The van der Waals surface area contributed by atoms with Gasteiger partial charge in [0.25, 0.3) is 0 Å². The summed E-state index contributed by atoms with van der Waals surface area (Å²) in [6.07, 6.45) is 0. The number of hydrogen-bond acceptors (Lipinski definition) is 0. The smallest absolute Gasteiger partial charge is 0.000137 e. The van der Waals surface area contributed by atoms with Gasteiger partial charge in [-0.15, -0.1) is 0 Å². The van der Waals surface area contributed by atoms with E-state index in [2.05, 4.69) is 243 Å². The molecule has 0 atom stereocenters. The molecule has 9 aromatic carbocycles. The van der Waals surface area contributed by atoms with Crippen LogP contribution in [0.4, 0.5) is 0 Å². The Morgan fingerprint density at radius 3 is 0.750 bits per heavy atom. The highest BCUT2D eigenvalue weighted by Crippen LogP contribution is 2.62. The first-order chi connectivity index (χ1) is 29.8. The Morgan fingerprint density at radius 1 is 0.133 bits per heavy atom. The van der Waals surface area contributed by atoms with Gasteiger partial charge in [0.1, 0.15) is 0 Å². The fourth-order valence-corrected chi connectivity index (χ4v) is 9.30. The molecule has 0 saturated heterocycles. The van der Waals surface area contributed by atoms with Crippen molar-refractivity contribution in [2.75, 3.05) is 0 Å². The maximum atomic E-state index is 2.48. The summed E-state index contributed by atoms with van der Waals surface area (Å²) in [4.78, 5) is 0. The van der Waals surface area contributed by atoms with Gasteiger partial charge in [-0.3, -0.25) is 0 Å². The standard InChI is InChI=1S/C60H40/c1-7-19-41(20-8-1)43-31-35-49(36-32-43)56-57(48-29-17-6-18-30-48)59-54-40-52(46-25-13-4-14-26-46)51(45-23-11-3-12-24-45)39-53(54)55(47-27-15-5-16-28-47)60(59)58(56)50-37-33-44(34-38-50)42-21-9-2-10-22-42/h1-40H. The molecule has 0 saturated carbocycles. The van der Waals surface area contributed by atoms with Crippen LogP contribution in [-0.4, -0.2) is 0 Å². The fourth-order valence-electron chi connectivity index (χ4n) is 9.30. The second-order valence-corrected chi connectivity index (χ2v) is 15.5. The van der Waals surface area contributed by atoms with Crippen LogP contribution in [0.2, 0.25) is 0 Å². The second kappa shape index (κ2) is 15.2. The molecule has 0 unspecified atom stereocenters. The molecule has 0 aromatic heterocycles. The summed E-state index contributed by atoms with van der Waals surface area (Å²) >= 11 is 0. The third-order valence-electron chi connectivity index (χ3n) is 12.1. The van der Waals surface area contributed by atoms with Gasteiger partial charge < -0.3 is 0 Å². The number of benzene rings is 9. The van der Waals surface area contributed by atoms with Crippen molar-refractivity contribution in [3.05, 3.63) is 282 Å². The molecule has 0 amide bonds. The monoisotopic (exact) mass is 760 g/mol. The van der Waals surface area contributed by atoms with Crippen LogP contribution in [0.5, 0.6) is 0 Å². The molecule has 0 radical (unpaired) electrons. The number of rotatable bonds is 8. The summed E-state index contributed by atoms with van der Waals surface area (Å²) in [5.74, 6) is 0. The van der Waals surface area contributed by atoms with Crippen LogP contribution in [0.25, 0.3) is 72.4 Å². The topological polar surface area (TPSA) is 0 Å². The van der Waals surface area contributed by atoms with Crippen molar-refractivity contribution in [1.29, 1.82) is 0 Å². The Bertz CT molecular complexity index is 3080. The SMILES string of the molecule is c1ccc(C2=C3C(=C(c4ccccc4)c4cc(-c5ccccc5)c(-c5ccccc5)cc43)C(c3ccc(-c4ccccc4)cc3)=C2c2ccc(-c3ccccc3)cc2)cc1. The zero-order valence-electron chi connectivity index (χ0n) is 33.1. The summed E-state index contributed by atoms with van der Waals surface area (Å²) in [6.45, 7) is 0. The van der Waals surface area contributed by atoms with E-state index < -0.39 is 0 Å². The highest BCUT2D eigenvalue weighted by Gasteiger charge is 2.40. The molecule has 0 heterocycles. The lowest BCUT2D eigenvalue weighted by atomic mass is 9.84. The van der Waals surface area contributed by atoms with Crippen LogP contribution in [0.1, 0.15) is 33.4 Å². The van der Waals surface area contributed by atoms with Crippen molar-refractivity contribution >= 4 is 27.9 Å². The Labute approximate surface area is 352 Å². The third kappa shape index (κ3) is 6.18. The zero-order valence-corrected chi connectivity index (χ0v) is 33.1. The molecular weight excluding hydrogens is 721 g/mol. The van der Waals surface area contributed by atoms with Crippen molar-refractivity contribution in [3.8, 4) is 44.5 Å². The van der Waals surface area contributed by atoms with Gasteiger partial charge in [0, 0.05) is 0 Å². The predicted molar refractivity (Wildman–Crippen MR) is 254 cm³/mol. The second-order valence-electron chi connectivity index (χ2n) is 15.5. The molecule has 0 N–H and O–H groups in total. The quantitative estimate of drug-likeness (QED) is 0.145. The molecule has 60 heavy (non-hydrogen) atoms. The molecule has 2 aliphatic rings. The van der Waals surface area contributed by atoms with Crippen LogP contribution in [-0.2, 0) is 0 Å². The molecule has 2 aliphatic carbocycles. The van der Waals surface area contributed by atoms with Gasteiger partial charge in [-0.1, -0.05) is 231 Å². The molecule has 11 rings (SSSR count). The number of fused-ring (bicyclic) bond motifs is 3. The molecule has 0 spiro atoms. The van der Waals surface area contributed by atoms with E-state index >= 15 is 0 Å². The Morgan fingerprint density at radius 2 is 0.367 bits per heavy atom. The van der Waals surface area contributed by atoms with Crippen molar-refractivity contribution < 1.29 is 0 Å². The van der Waals surface area contributed by atoms with E-state index in [0.29, 0.717) is 0 Å².